The Morgan fingerprint density at radius 1 is 1.20 bits per heavy atom. The predicted octanol–water partition coefficient (Wildman–Crippen LogP) is 3.13. The molecule has 0 unspecified atom stereocenters. The standard InChI is InChI=1S/C17H32O3/c1-6-20-14-8-10-17(5,19)13-11-12(15(2,3)18)7-9-16(13,14)4/h12-14,18-19H,6-11H2,1-5H3/t12-,13-,14+,16-,17-/m1/s1. The summed E-state index contributed by atoms with van der Waals surface area (Å²) < 4.78 is 6.00. The molecule has 2 aliphatic rings. The second-order valence-electron chi connectivity index (χ2n) is 8.02. The molecule has 0 spiro atoms. The van der Waals surface area contributed by atoms with Crippen LogP contribution in [0.2, 0.25) is 0 Å². The van der Waals surface area contributed by atoms with Crippen molar-refractivity contribution in [2.45, 2.75) is 84.0 Å². The van der Waals surface area contributed by atoms with Crippen molar-refractivity contribution >= 4 is 0 Å². The quantitative estimate of drug-likeness (QED) is 0.837. The summed E-state index contributed by atoms with van der Waals surface area (Å²) in [6.45, 7) is 10.9. The van der Waals surface area contributed by atoms with Crippen LogP contribution < -0.4 is 0 Å². The van der Waals surface area contributed by atoms with E-state index in [1.165, 1.54) is 0 Å². The lowest BCUT2D eigenvalue weighted by Crippen LogP contribution is -2.59. The van der Waals surface area contributed by atoms with Crippen LogP contribution in [0, 0.1) is 17.3 Å². The molecular formula is C17H32O3. The molecular weight excluding hydrogens is 252 g/mol. The number of ether oxygens (including phenoxy) is 1. The van der Waals surface area contributed by atoms with E-state index in [2.05, 4.69) is 6.92 Å². The van der Waals surface area contributed by atoms with E-state index in [4.69, 9.17) is 4.74 Å². The second-order valence-corrected chi connectivity index (χ2v) is 8.02. The first-order chi connectivity index (χ1) is 9.11. The maximum atomic E-state index is 10.9. The van der Waals surface area contributed by atoms with Gasteiger partial charge in [0.15, 0.2) is 0 Å². The average Bonchev–Trinajstić information content (AvgIpc) is 2.31. The predicted molar refractivity (Wildman–Crippen MR) is 80.5 cm³/mol. The minimum Gasteiger partial charge on any atom is -0.390 e. The van der Waals surface area contributed by atoms with Crippen molar-refractivity contribution in [1.29, 1.82) is 0 Å². The first-order valence-corrected chi connectivity index (χ1v) is 8.17. The molecule has 0 saturated heterocycles. The Labute approximate surface area is 123 Å². The smallest absolute Gasteiger partial charge is 0.0655 e. The lowest BCUT2D eigenvalue weighted by molar-refractivity contribution is -0.198. The zero-order valence-electron chi connectivity index (χ0n) is 13.8. The van der Waals surface area contributed by atoms with Crippen molar-refractivity contribution in [3.05, 3.63) is 0 Å². The summed E-state index contributed by atoms with van der Waals surface area (Å²) in [4.78, 5) is 0. The van der Waals surface area contributed by atoms with Crippen LogP contribution in [0.25, 0.3) is 0 Å². The Bertz CT molecular complexity index is 345. The van der Waals surface area contributed by atoms with Gasteiger partial charge in [-0.25, -0.2) is 0 Å². The van der Waals surface area contributed by atoms with Gasteiger partial charge in [-0.1, -0.05) is 6.92 Å². The number of aliphatic hydroxyl groups is 2. The lowest BCUT2D eigenvalue weighted by atomic mass is 9.51. The van der Waals surface area contributed by atoms with Gasteiger partial charge in [0.2, 0.25) is 0 Å². The first-order valence-electron chi connectivity index (χ1n) is 8.17. The SMILES string of the molecule is CCO[C@H]1CC[C@@](C)(O)[C@@H]2C[C@H](C(C)(C)O)CC[C@@]12C. The van der Waals surface area contributed by atoms with Crippen LogP contribution >= 0.6 is 0 Å². The van der Waals surface area contributed by atoms with Crippen molar-refractivity contribution in [1.82, 2.24) is 0 Å². The number of hydrogen-bond donors (Lipinski definition) is 2. The molecule has 0 heterocycles. The van der Waals surface area contributed by atoms with Crippen LogP contribution in [0.5, 0.6) is 0 Å². The number of rotatable bonds is 3. The third-order valence-corrected chi connectivity index (χ3v) is 6.11. The number of hydrogen-bond acceptors (Lipinski definition) is 3. The van der Waals surface area contributed by atoms with Crippen LogP contribution in [-0.4, -0.2) is 34.1 Å². The molecule has 0 aliphatic heterocycles. The Morgan fingerprint density at radius 3 is 2.40 bits per heavy atom. The van der Waals surface area contributed by atoms with Crippen molar-refractivity contribution in [2.75, 3.05) is 6.61 Å². The molecule has 2 rings (SSSR count). The van der Waals surface area contributed by atoms with Crippen molar-refractivity contribution < 1.29 is 14.9 Å². The van der Waals surface area contributed by atoms with Gasteiger partial charge in [0.1, 0.15) is 0 Å². The fourth-order valence-corrected chi connectivity index (χ4v) is 4.72. The van der Waals surface area contributed by atoms with Gasteiger partial charge >= 0.3 is 0 Å². The van der Waals surface area contributed by atoms with Crippen molar-refractivity contribution in [2.24, 2.45) is 17.3 Å². The highest BCUT2D eigenvalue weighted by atomic mass is 16.5. The average molecular weight is 284 g/mol. The summed E-state index contributed by atoms with van der Waals surface area (Å²) >= 11 is 0. The minimum absolute atomic E-state index is 0.0412. The first kappa shape index (κ1) is 16.3. The Kier molecular flexibility index (Phi) is 4.27. The Balaban J connectivity index is 2.25. The van der Waals surface area contributed by atoms with E-state index in [1.807, 2.05) is 27.7 Å². The molecule has 2 saturated carbocycles. The van der Waals surface area contributed by atoms with Gasteiger partial charge in [-0.15, -0.1) is 0 Å². The van der Waals surface area contributed by atoms with Crippen LogP contribution in [0.15, 0.2) is 0 Å². The summed E-state index contributed by atoms with van der Waals surface area (Å²) in [5.74, 6) is 0.484. The van der Waals surface area contributed by atoms with Gasteiger partial charge in [0.25, 0.3) is 0 Å². The molecule has 0 aromatic heterocycles. The molecule has 0 aromatic rings. The van der Waals surface area contributed by atoms with Crippen molar-refractivity contribution in [3.63, 3.8) is 0 Å². The third-order valence-electron chi connectivity index (χ3n) is 6.11. The molecule has 118 valence electrons. The highest BCUT2D eigenvalue weighted by Gasteiger charge is 2.56. The lowest BCUT2D eigenvalue weighted by Gasteiger charge is -2.58. The van der Waals surface area contributed by atoms with E-state index in [0.717, 1.165) is 38.7 Å². The second kappa shape index (κ2) is 5.26. The molecule has 2 fully saturated rings. The summed E-state index contributed by atoms with van der Waals surface area (Å²) in [7, 11) is 0. The van der Waals surface area contributed by atoms with Crippen LogP contribution in [0.1, 0.15) is 66.7 Å². The van der Waals surface area contributed by atoms with Gasteiger partial charge in [0.05, 0.1) is 17.3 Å². The molecule has 5 atom stereocenters. The molecule has 3 heteroatoms. The molecule has 0 bridgehead atoms. The van der Waals surface area contributed by atoms with Crippen LogP contribution in [-0.2, 0) is 4.74 Å². The largest absolute Gasteiger partial charge is 0.390 e. The van der Waals surface area contributed by atoms with Gasteiger partial charge in [-0.3, -0.25) is 0 Å². The number of fused-ring (bicyclic) bond motifs is 1. The van der Waals surface area contributed by atoms with Crippen molar-refractivity contribution in [3.8, 4) is 0 Å². The monoisotopic (exact) mass is 284 g/mol. The Morgan fingerprint density at radius 2 is 1.85 bits per heavy atom. The minimum atomic E-state index is -0.657. The summed E-state index contributed by atoms with van der Waals surface area (Å²) in [5, 5.41) is 21.2. The van der Waals surface area contributed by atoms with Crippen LogP contribution in [0.3, 0.4) is 0 Å². The zero-order chi connectivity index (χ0) is 15.2. The van der Waals surface area contributed by atoms with E-state index in [-0.39, 0.29) is 23.4 Å². The fourth-order valence-electron chi connectivity index (χ4n) is 4.72. The van der Waals surface area contributed by atoms with Gasteiger partial charge < -0.3 is 14.9 Å². The highest BCUT2D eigenvalue weighted by molar-refractivity contribution is 5.07. The maximum absolute atomic E-state index is 10.9. The zero-order valence-corrected chi connectivity index (χ0v) is 13.8. The molecule has 0 amide bonds. The topological polar surface area (TPSA) is 49.7 Å². The van der Waals surface area contributed by atoms with E-state index in [1.54, 1.807) is 0 Å². The maximum Gasteiger partial charge on any atom is 0.0655 e. The van der Waals surface area contributed by atoms with E-state index >= 15 is 0 Å². The third kappa shape index (κ3) is 2.77. The van der Waals surface area contributed by atoms with E-state index < -0.39 is 11.2 Å². The fraction of sp³-hybridized carbons (Fsp3) is 1.00. The van der Waals surface area contributed by atoms with Gasteiger partial charge in [-0.05, 0) is 77.0 Å². The molecule has 2 N–H and O–H groups in total. The molecule has 0 aromatic carbocycles. The van der Waals surface area contributed by atoms with Crippen LogP contribution in [0.4, 0.5) is 0 Å². The highest BCUT2D eigenvalue weighted by Crippen LogP contribution is 2.57. The summed E-state index contributed by atoms with van der Waals surface area (Å²) in [5.41, 5.74) is -1.25. The normalized spacial score (nSPS) is 46.0. The van der Waals surface area contributed by atoms with Gasteiger partial charge in [0, 0.05) is 6.61 Å². The summed E-state index contributed by atoms with van der Waals surface area (Å²) in [6.07, 6.45) is 4.96. The Hall–Kier alpha value is -0.120. The van der Waals surface area contributed by atoms with E-state index in [0.29, 0.717) is 0 Å². The van der Waals surface area contributed by atoms with E-state index in [9.17, 15) is 10.2 Å². The molecule has 20 heavy (non-hydrogen) atoms. The molecule has 3 nitrogen and oxygen atoms in total. The van der Waals surface area contributed by atoms with Gasteiger partial charge in [-0.2, -0.15) is 0 Å². The molecule has 2 aliphatic carbocycles. The molecule has 0 radical (unpaired) electrons. The summed E-state index contributed by atoms with van der Waals surface area (Å²) in [6, 6.07) is 0.